The van der Waals surface area contributed by atoms with Gasteiger partial charge in [0.25, 0.3) is 0 Å². The molecule has 0 saturated heterocycles. The molecule has 1 aromatic heterocycles. The predicted molar refractivity (Wildman–Crippen MR) is 77.0 cm³/mol. The molecule has 1 aliphatic heterocycles. The summed E-state index contributed by atoms with van der Waals surface area (Å²) in [4.78, 5) is 6.95. The standard InChI is InChI=1S/C13H24N4.ClH/c1-13(2,14)10-16(3)8-11-9-17-7-5-4-6-12(17)15-11;/h9H,4-8,10,14H2,1-3H3;1H. The summed E-state index contributed by atoms with van der Waals surface area (Å²) in [6.07, 6.45) is 5.90. The highest BCUT2D eigenvalue weighted by Gasteiger charge is 2.16. The van der Waals surface area contributed by atoms with E-state index in [0.717, 1.165) is 26.1 Å². The monoisotopic (exact) mass is 272 g/mol. The van der Waals surface area contributed by atoms with Crippen LogP contribution in [-0.4, -0.2) is 33.6 Å². The van der Waals surface area contributed by atoms with Gasteiger partial charge in [0.2, 0.25) is 0 Å². The zero-order chi connectivity index (χ0) is 12.5. The smallest absolute Gasteiger partial charge is 0.109 e. The van der Waals surface area contributed by atoms with E-state index >= 15 is 0 Å². The first kappa shape index (κ1) is 15.5. The van der Waals surface area contributed by atoms with E-state index in [1.807, 2.05) is 0 Å². The largest absolute Gasteiger partial charge is 0.335 e. The van der Waals surface area contributed by atoms with E-state index < -0.39 is 0 Å². The molecule has 0 radical (unpaired) electrons. The molecule has 0 aromatic carbocycles. The number of halogens is 1. The Bertz CT molecular complexity index is 357. The van der Waals surface area contributed by atoms with Gasteiger partial charge in [-0.15, -0.1) is 12.4 Å². The first-order valence-corrected chi connectivity index (χ1v) is 6.46. The number of hydrogen-bond acceptors (Lipinski definition) is 3. The van der Waals surface area contributed by atoms with Gasteiger partial charge in [-0.3, -0.25) is 4.90 Å². The number of rotatable bonds is 4. The summed E-state index contributed by atoms with van der Waals surface area (Å²) in [6.45, 7) is 7.02. The first-order valence-electron chi connectivity index (χ1n) is 6.46. The van der Waals surface area contributed by atoms with Crippen LogP contribution in [0.5, 0.6) is 0 Å². The molecule has 0 aliphatic carbocycles. The Balaban J connectivity index is 0.00000162. The number of nitrogens with zero attached hydrogens (tertiary/aromatic N) is 3. The molecule has 0 bridgehead atoms. The molecular formula is C13H25ClN4. The molecule has 104 valence electrons. The van der Waals surface area contributed by atoms with E-state index in [1.54, 1.807) is 0 Å². The minimum absolute atomic E-state index is 0. The maximum atomic E-state index is 6.02. The van der Waals surface area contributed by atoms with Crippen LogP contribution in [-0.2, 0) is 19.5 Å². The van der Waals surface area contributed by atoms with Crippen LogP contribution >= 0.6 is 12.4 Å². The zero-order valence-electron chi connectivity index (χ0n) is 11.6. The molecular weight excluding hydrogens is 248 g/mol. The van der Waals surface area contributed by atoms with Crippen LogP contribution in [0.25, 0.3) is 0 Å². The van der Waals surface area contributed by atoms with Gasteiger partial charge in [0.1, 0.15) is 5.82 Å². The van der Waals surface area contributed by atoms with Crippen molar-refractivity contribution in [3.63, 3.8) is 0 Å². The third-order valence-corrected chi connectivity index (χ3v) is 3.07. The van der Waals surface area contributed by atoms with Crippen LogP contribution in [0, 0.1) is 0 Å². The van der Waals surface area contributed by atoms with Crippen LogP contribution in [0.2, 0.25) is 0 Å². The van der Waals surface area contributed by atoms with Crippen molar-refractivity contribution < 1.29 is 0 Å². The molecule has 0 saturated carbocycles. The Morgan fingerprint density at radius 2 is 2.17 bits per heavy atom. The molecule has 0 unspecified atom stereocenters. The van der Waals surface area contributed by atoms with Crippen molar-refractivity contribution in [3.8, 4) is 0 Å². The SMILES string of the molecule is CN(Cc1cn2c(n1)CCCC2)CC(C)(C)N.Cl. The summed E-state index contributed by atoms with van der Waals surface area (Å²) < 4.78 is 2.31. The van der Waals surface area contributed by atoms with Gasteiger partial charge in [-0.2, -0.15) is 0 Å². The quantitative estimate of drug-likeness (QED) is 0.909. The average Bonchev–Trinajstić information content (AvgIpc) is 2.55. The maximum Gasteiger partial charge on any atom is 0.109 e. The van der Waals surface area contributed by atoms with Gasteiger partial charge < -0.3 is 10.3 Å². The lowest BCUT2D eigenvalue weighted by atomic mass is 10.1. The molecule has 1 aromatic rings. The number of fused-ring (bicyclic) bond motifs is 1. The van der Waals surface area contributed by atoms with Gasteiger partial charge in [-0.1, -0.05) is 0 Å². The van der Waals surface area contributed by atoms with Gasteiger partial charge >= 0.3 is 0 Å². The molecule has 5 heteroatoms. The van der Waals surface area contributed by atoms with Gasteiger partial charge in [0, 0.05) is 37.8 Å². The number of hydrogen-bond donors (Lipinski definition) is 1. The molecule has 0 fully saturated rings. The molecule has 0 atom stereocenters. The van der Waals surface area contributed by atoms with E-state index in [4.69, 9.17) is 10.7 Å². The highest BCUT2D eigenvalue weighted by Crippen LogP contribution is 2.15. The number of aromatic nitrogens is 2. The van der Waals surface area contributed by atoms with Crippen molar-refractivity contribution in [1.82, 2.24) is 14.5 Å². The highest BCUT2D eigenvalue weighted by molar-refractivity contribution is 5.85. The summed E-state index contributed by atoms with van der Waals surface area (Å²) in [7, 11) is 2.10. The number of likely N-dealkylation sites (N-methyl/N-ethyl adjacent to an activating group) is 1. The summed E-state index contributed by atoms with van der Waals surface area (Å²) in [5.74, 6) is 1.26. The van der Waals surface area contributed by atoms with Gasteiger partial charge in [-0.25, -0.2) is 4.98 Å². The molecule has 4 nitrogen and oxygen atoms in total. The van der Waals surface area contributed by atoms with Crippen LogP contribution in [0.3, 0.4) is 0 Å². The summed E-state index contributed by atoms with van der Waals surface area (Å²) in [6, 6.07) is 0. The minimum atomic E-state index is -0.145. The second-order valence-electron chi connectivity index (χ2n) is 5.96. The van der Waals surface area contributed by atoms with Gasteiger partial charge in [-0.05, 0) is 33.7 Å². The fourth-order valence-corrected chi connectivity index (χ4v) is 2.58. The predicted octanol–water partition coefficient (Wildman–Crippen LogP) is 1.81. The lowest BCUT2D eigenvalue weighted by molar-refractivity contribution is 0.261. The number of imidazole rings is 1. The van der Waals surface area contributed by atoms with Crippen LogP contribution in [0.15, 0.2) is 6.20 Å². The Kier molecular flexibility index (Phi) is 5.20. The molecule has 2 rings (SSSR count). The third kappa shape index (κ3) is 4.26. The maximum absolute atomic E-state index is 6.02. The Labute approximate surface area is 116 Å². The van der Waals surface area contributed by atoms with Crippen molar-refractivity contribution in [1.29, 1.82) is 0 Å². The van der Waals surface area contributed by atoms with Crippen molar-refractivity contribution in [2.45, 2.75) is 51.7 Å². The number of aryl methyl sites for hydroxylation is 2. The topological polar surface area (TPSA) is 47.1 Å². The van der Waals surface area contributed by atoms with Gasteiger partial charge in [0.05, 0.1) is 5.69 Å². The molecule has 18 heavy (non-hydrogen) atoms. The zero-order valence-corrected chi connectivity index (χ0v) is 12.5. The second-order valence-corrected chi connectivity index (χ2v) is 5.96. The van der Waals surface area contributed by atoms with Gasteiger partial charge in [0.15, 0.2) is 0 Å². The summed E-state index contributed by atoms with van der Waals surface area (Å²) in [5.41, 5.74) is 7.05. The normalized spacial score (nSPS) is 15.4. The average molecular weight is 273 g/mol. The Hall–Kier alpha value is -0.580. The van der Waals surface area contributed by atoms with Crippen LogP contribution < -0.4 is 5.73 Å². The molecule has 0 amide bonds. The third-order valence-electron chi connectivity index (χ3n) is 3.07. The summed E-state index contributed by atoms with van der Waals surface area (Å²) >= 11 is 0. The minimum Gasteiger partial charge on any atom is -0.335 e. The first-order chi connectivity index (χ1) is 7.94. The lowest BCUT2D eigenvalue weighted by Gasteiger charge is -2.25. The van der Waals surface area contributed by atoms with E-state index in [9.17, 15) is 0 Å². The highest BCUT2D eigenvalue weighted by atomic mass is 35.5. The number of nitrogens with two attached hydrogens (primary N) is 1. The molecule has 0 spiro atoms. The van der Waals surface area contributed by atoms with E-state index in [0.29, 0.717) is 0 Å². The Morgan fingerprint density at radius 3 is 2.78 bits per heavy atom. The van der Waals surface area contributed by atoms with Crippen LogP contribution in [0.1, 0.15) is 38.2 Å². The Morgan fingerprint density at radius 1 is 1.44 bits per heavy atom. The molecule has 1 aliphatic rings. The van der Waals surface area contributed by atoms with Crippen molar-refractivity contribution in [2.75, 3.05) is 13.6 Å². The van der Waals surface area contributed by atoms with Crippen LogP contribution in [0.4, 0.5) is 0 Å². The van der Waals surface area contributed by atoms with Crippen molar-refractivity contribution in [3.05, 3.63) is 17.7 Å². The second kappa shape index (κ2) is 6.04. The van der Waals surface area contributed by atoms with E-state index in [2.05, 4.69) is 36.6 Å². The molecule has 2 heterocycles. The van der Waals surface area contributed by atoms with Crippen molar-refractivity contribution >= 4 is 12.4 Å². The lowest BCUT2D eigenvalue weighted by Crippen LogP contribution is -2.43. The van der Waals surface area contributed by atoms with Crippen molar-refractivity contribution in [2.24, 2.45) is 5.73 Å². The fourth-order valence-electron chi connectivity index (χ4n) is 2.58. The van der Waals surface area contributed by atoms with E-state index in [1.165, 1.54) is 24.4 Å². The fraction of sp³-hybridized carbons (Fsp3) is 0.769. The van der Waals surface area contributed by atoms with E-state index in [-0.39, 0.29) is 17.9 Å². The molecule has 2 N–H and O–H groups in total. The summed E-state index contributed by atoms with van der Waals surface area (Å²) in [5, 5.41) is 0.